The van der Waals surface area contributed by atoms with Crippen LogP contribution in [0.1, 0.15) is 11.3 Å². The molecule has 2 aromatic carbocycles. The van der Waals surface area contributed by atoms with Crippen LogP contribution in [-0.4, -0.2) is 18.9 Å². The lowest BCUT2D eigenvalue weighted by molar-refractivity contribution is -0.119. The summed E-state index contributed by atoms with van der Waals surface area (Å²) in [6.07, 6.45) is 1.45. The number of hydrogen-bond acceptors (Lipinski definition) is 3. The Bertz CT molecular complexity index is 1030. The standard InChI is InChI=1S/C19H18N2O3S/c1-15-13-17-9-5-6-10-18(17)21(15)14-19(22)20-25(23,24)12-11-16-7-3-2-4-8-16/h2-13H,14H2,1H3,(H,20,22)/b12-11+. The van der Waals surface area contributed by atoms with Gasteiger partial charge in [-0.05, 0) is 36.1 Å². The lowest BCUT2D eigenvalue weighted by Gasteiger charge is -2.08. The minimum Gasteiger partial charge on any atom is -0.335 e. The van der Waals surface area contributed by atoms with Gasteiger partial charge in [0, 0.05) is 11.2 Å². The highest BCUT2D eigenvalue weighted by molar-refractivity contribution is 7.93. The molecule has 6 heteroatoms. The first-order chi connectivity index (χ1) is 11.9. The Hall–Kier alpha value is -2.86. The van der Waals surface area contributed by atoms with Crippen LogP contribution in [0.15, 0.2) is 66.1 Å². The first-order valence-electron chi connectivity index (χ1n) is 7.78. The third-order valence-electron chi connectivity index (χ3n) is 3.81. The van der Waals surface area contributed by atoms with Crippen LogP contribution in [0.3, 0.4) is 0 Å². The molecule has 0 aliphatic carbocycles. The van der Waals surface area contributed by atoms with Gasteiger partial charge in [0.1, 0.15) is 6.54 Å². The third-order valence-corrected chi connectivity index (χ3v) is 4.82. The van der Waals surface area contributed by atoms with Gasteiger partial charge in [-0.2, -0.15) is 0 Å². The molecule has 5 nitrogen and oxygen atoms in total. The van der Waals surface area contributed by atoms with Crippen LogP contribution < -0.4 is 4.72 Å². The van der Waals surface area contributed by atoms with Crippen molar-refractivity contribution < 1.29 is 13.2 Å². The van der Waals surface area contributed by atoms with E-state index in [1.54, 1.807) is 16.7 Å². The summed E-state index contributed by atoms with van der Waals surface area (Å²) in [6.45, 7) is 1.83. The van der Waals surface area contributed by atoms with Crippen molar-refractivity contribution in [1.29, 1.82) is 0 Å². The van der Waals surface area contributed by atoms with Crippen molar-refractivity contribution in [2.45, 2.75) is 13.5 Å². The van der Waals surface area contributed by atoms with E-state index >= 15 is 0 Å². The zero-order chi connectivity index (χ0) is 17.9. The number of fused-ring (bicyclic) bond motifs is 1. The van der Waals surface area contributed by atoms with Crippen LogP contribution >= 0.6 is 0 Å². The number of hydrogen-bond donors (Lipinski definition) is 1. The molecule has 0 unspecified atom stereocenters. The van der Waals surface area contributed by atoms with Crippen molar-refractivity contribution in [3.8, 4) is 0 Å². The van der Waals surface area contributed by atoms with Crippen molar-refractivity contribution in [2.24, 2.45) is 0 Å². The maximum atomic E-state index is 12.2. The molecule has 1 amide bonds. The molecule has 0 saturated heterocycles. The number of carbonyl (C=O) groups excluding carboxylic acids is 1. The van der Waals surface area contributed by atoms with Crippen molar-refractivity contribution in [2.75, 3.05) is 0 Å². The first kappa shape index (κ1) is 17.0. The van der Waals surface area contributed by atoms with Crippen LogP contribution in [0.25, 0.3) is 17.0 Å². The van der Waals surface area contributed by atoms with E-state index < -0.39 is 15.9 Å². The lowest BCUT2D eigenvalue weighted by atomic mass is 10.2. The molecule has 0 aliphatic rings. The van der Waals surface area contributed by atoms with Gasteiger partial charge in [-0.1, -0.05) is 48.5 Å². The number of benzene rings is 2. The molecule has 1 heterocycles. The second-order valence-electron chi connectivity index (χ2n) is 5.71. The fourth-order valence-corrected chi connectivity index (χ4v) is 3.45. The molecule has 0 aliphatic heterocycles. The molecule has 128 valence electrons. The zero-order valence-electron chi connectivity index (χ0n) is 13.7. The van der Waals surface area contributed by atoms with Crippen molar-refractivity contribution in [3.05, 3.63) is 77.3 Å². The molecule has 3 aromatic rings. The van der Waals surface area contributed by atoms with Gasteiger partial charge in [-0.15, -0.1) is 0 Å². The Morgan fingerprint density at radius 3 is 2.52 bits per heavy atom. The second-order valence-corrected chi connectivity index (χ2v) is 7.28. The summed E-state index contributed by atoms with van der Waals surface area (Å²) in [6, 6.07) is 18.7. The number of nitrogens with zero attached hydrogens (tertiary/aromatic N) is 1. The molecule has 25 heavy (non-hydrogen) atoms. The number of amides is 1. The molecule has 0 spiro atoms. The Labute approximate surface area is 146 Å². The van der Waals surface area contributed by atoms with Gasteiger partial charge in [-0.25, -0.2) is 13.1 Å². The Morgan fingerprint density at radius 2 is 1.76 bits per heavy atom. The van der Waals surface area contributed by atoms with E-state index in [0.29, 0.717) is 0 Å². The maximum absolute atomic E-state index is 12.2. The summed E-state index contributed by atoms with van der Waals surface area (Å²) in [5, 5.41) is 2.01. The molecule has 0 fully saturated rings. The quantitative estimate of drug-likeness (QED) is 0.766. The summed E-state index contributed by atoms with van der Waals surface area (Å²) in [5.41, 5.74) is 2.54. The van der Waals surface area contributed by atoms with Gasteiger partial charge in [0.25, 0.3) is 15.9 Å². The summed E-state index contributed by atoms with van der Waals surface area (Å²) in [7, 11) is -3.84. The topological polar surface area (TPSA) is 68.2 Å². The Morgan fingerprint density at radius 1 is 1.08 bits per heavy atom. The SMILES string of the molecule is Cc1cc2ccccc2n1CC(=O)NS(=O)(=O)/C=C/c1ccccc1. The predicted octanol–water partition coefficient (Wildman–Crippen LogP) is 3.07. The van der Waals surface area contributed by atoms with Crippen LogP contribution in [0.2, 0.25) is 0 Å². The Balaban J connectivity index is 1.73. The smallest absolute Gasteiger partial charge is 0.257 e. The van der Waals surface area contributed by atoms with Gasteiger partial charge in [0.05, 0.1) is 5.41 Å². The monoisotopic (exact) mass is 354 g/mol. The van der Waals surface area contributed by atoms with E-state index in [-0.39, 0.29) is 6.54 Å². The molecule has 3 rings (SSSR count). The number of aryl methyl sites for hydroxylation is 1. The fourth-order valence-electron chi connectivity index (χ4n) is 2.66. The summed E-state index contributed by atoms with van der Waals surface area (Å²) >= 11 is 0. The molecular weight excluding hydrogens is 336 g/mol. The summed E-state index contributed by atoms with van der Waals surface area (Å²) in [4.78, 5) is 12.2. The fraction of sp³-hybridized carbons (Fsp3) is 0.105. The minimum atomic E-state index is -3.84. The summed E-state index contributed by atoms with van der Waals surface area (Å²) < 4.78 is 28.0. The van der Waals surface area contributed by atoms with Gasteiger partial charge >= 0.3 is 0 Å². The highest BCUT2D eigenvalue weighted by Gasteiger charge is 2.14. The number of sulfonamides is 1. The minimum absolute atomic E-state index is 0.0578. The second kappa shape index (κ2) is 6.94. The van der Waals surface area contributed by atoms with Crippen LogP contribution in [0.4, 0.5) is 0 Å². The van der Waals surface area contributed by atoms with Gasteiger partial charge in [-0.3, -0.25) is 4.79 Å². The van der Waals surface area contributed by atoms with E-state index in [1.807, 2.05) is 55.5 Å². The van der Waals surface area contributed by atoms with Crippen molar-refractivity contribution in [1.82, 2.24) is 9.29 Å². The molecule has 0 atom stereocenters. The van der Waals surface area contributed by atoms with Gasteiger partial charge in [0.2, 0.25) is 0 Å². The van der Waals surface area contributed by atoms with E-state index in [0.717, 1.165) is 27.6 Å². The number of nitrogens with one attached hydrogen (secondary N) is 1. The molecule has 0 radical (unpaired) electrons. The van der Waals surface area contributed by atoms with E-state index in [2.05, 4.69) is 4.72 Å². The Kier molecular flexibility index (Phi) is 4.72. The average Bonchev–Trinajstić information content (AvgIpc) is 2.89. The highest BCUT2D eigenvalue weighted by Crippen LogP contribution is 2.18. The largest absolute Gasteiger partial charge is 0.335 e. The normalized spacial score (nSPS) is 11.9. The molecule has 1 aromatic heterocycles. The highest BCUT2D eigenvalue weighted by atomic mass is 32.2. The zero-order valence-corrected chi connectivity index (χ0v) is 14.5. The molecular formula is C19H18N2O3S. The van der Waals surface area contributed by atoms with E-state index in [1.165, 1.54) is 6.08 Å². The number of carbonyl (C=O) groups is 1. The lowest BCUT2D eigenvalue weighted by Crippen LogP contribution is -2.32. The van der Waals surface area contributed by atoms with Crippen molar-refractivity contribution in [3.63, 3.8) is 0 Å². The molecule has 1 N–H and O–H groups in total. The van der Waals surface area contributed by atoms with Crippen molar-refractivity contribution >= 4 is 32.9 Å². The van der Waals surface area contributed by atoms with Gasteiger partial charge in [0.15, 0.2) is 0 Å². The third kappa shape index (κ3) is 4.16. The number of para-hydroxylation sites is 1. The van der Waals surface area contributed by atoms with Crippen LogP contribution in [0, 0.1) is 6.92 Å². The van der Waals surface area contributed by atoms with Crippen LogP contribution in [0.5, 0.6) is 0 Å². The first-order valence-corrected chi connectivity index (χ1v) is 9.33. The van der Waals surface area contributed by atoms with Gasteiger partial charge < -0.3 is 4.57 Å². The van der Waals surface area contributed by atoms with Crippen LogP contribution in [-0.2, 0) is 21.4 Å². The average molecular weight is 354 g/mol. The van der Waals surface area contributed by atoms with E-state index in [4.69, 9.17) is 0 Å². The number of rotatable bonds is 5. The molecule has 0 saturated carbocycles. The number of aromatic nitrogens is 1. The predicted molar refractivity (Wildman–Crippen MR) is 99.2 cm³/mol. The summed E-state index contributed by atoms with van der Waals surface area (Å²) in [5.74, 6) is -0.581. The van der Waals surface area contributed by atoms with E-state index in [9.17, 15) is 13.2 Å². The molecule has 0 bridgehead atoms. The maximum Gasteiger partial charge on any atom is 0.257 e.